The van der Waals surface area contributed by atoms with Crippen LogP contribution in [0.15, 0.2) is 42.5 Å². The number of aromatic amines is 1. The van der Waals surface area contributed by atoms with E-state index in [1.165, 1.54) is 0 Å². The molecule has 0 amide bonds. The minimum atomic E-state index is 0.258. The van der Waals surface area contributed by atoms with Crippen molar-refractivity contribution in [1.29, 1.82) is 0 Å². The molecule has 2 aromatic carbocycles. The summed E-state index contributed by atoms with van der Waals surface area (Å²) in [6.45, 7) is 3.94. The molecule has 0 saturated heterocycles. The lowest BCUT2D eigenvalue weighted by Gasteiger charge is -2.04. The lowest BCUT2D eigenvalue weighted by atomic mass is 10.1. The number of carbonyl (C=O) groups excluding carboxylic acids is 1. The van der Waals surface area contributed by atoms with Crippen LogP contribution in [-0.4, -0.2) is 15.8 Å². The molecule has 3 rings (SSSR count). The summed E-state index contributed by atoms with van der Waals surface area (Å²) in [7, 11) is 0. The van der Waals surface area contributed by atoms with Crippen molar-refractivity contribution in [2.45, 2.75) is 26.7 Å². The zero-order valence-corrected chi connectivity index (χ0v) is 12.8. The molecule has 0 radical (unpaired) electrons. The quantitative estimate of drug-likeness (QED) is 0.743. The van der Waals surface area contributed by atoms with Crippen molar-refractivity contribution in [3.63, 3.8) is 0 Å². The van der Waals surface area contributed by atoms with Gasteiger partial charge in [0.15, 0.2) is 0 Å². The standard InChI is InChI=1S/C18H19N3O/c1-3-15(22)11-13-7-9-14(10-8-13)19-18-20-16-6-4-5-12(2)17(16)21-18/h4-10H,3,11H2,1-2H3,(H2,19,20,21). The molecule has 1 heterocycles. The number of imidazole rings is 1. The Morgan fingerprint density at radius 3 is 2.64 bits per heavy atom. The first kappa shape index (κ1) is 14.3. The van der Waals surface area contributed by atoms with Crippen molar-refractivity contribution in [2.24, 2.45) is 0 Å². The Hall–Kier alpha value is -2.62. The van der Waals surface area contributed by atoms with Gasteiger partial charge in [-0.2, -0.15) is 0 Å². The number of ketones is 1. The van der Waals surface area contributed by atoms with E-state index >= 15 is 0 Å². The highest BCUT2D eigenvalue weighted by Gasteiger charge is 2.05. The number of benzene rings is 2. The minimum absolute atomic E-state index is 0.258. The number of aromatic nitrogens is 2. The van der Waals surface area contributed by atoms with Gasteiger partial charge in [-0.05, 0) is 36.2 Å². The Morgan fingerprint density at radius 2 is 1.95 bits per heavy atom. The van der Waals surface area contributed by atoms with Gasteiger partial charge in [-0.15, -0.1) is 0 Å². The maximum absolute atomic E-state index is 11.5. The summed E-state index contributed by atoms with van der Waals surface area (Å²) >= 11 is 0. The molecule has 2 N–H and O–H groups in total. The second kappa shape index (κ2) is 6.02. The van der Waals surface area contributed by atoms with Crippen molar-refractivity contribution >= 4 is 28.5 Å². The van der Waals surface area contributed by atoms with Crippen LogP contribution in [0.1, 0.15) is 24.5 Å². The largest absolute Gasteiger partial charge is 0.326 e. The van der Waals surface area contributed by atoms with Gasteiger partial charge in [-0.3, -0.25) is 4.79 Å². The zero-order valence-electron chi connectivity index (χ0n) is 12.8. The van der Waals surface area contributed by atoms with Gasteiger partial charge in [0.1, 0.15) is 5.78 Å². The van der Waals surface area contributed by atoms with E-state index in [1.54, 1.807) is 0 Å². The number of anilines is 2. The molecule has 0 atom stereocenters. The Balaban J connectivity index is 1.77. The maximum Gasteiger partial charge on any atom is 0.205 e. The van der Waals surface area contributed by atoms with Crippen LogP contribution in [0.4, 0.5) is 11.6 Å². The first-order valence-corrected chi connectivity index (χ1v) is 7.48. The molecule has 0 bridgehead atoms. The molecule has 0 saturated carbocycles. The van der Waals surface area contributed by atoms with Crippen LogP contribution < -0.4 is 5.32 Å². The highest BCUT2D eigenvalue weighted by Crippen LogP contribution is 2.21. The molecule has 3 aromatic rings. The van der Waals surface area contributed by atoms with E-state index in [1.807, 2.05) is 56.3 Å². The molecule has 4 nitrogen and oxygen atoms in total. The lowest BCUT2D eigenvalue weighted by Crippen LogP contribution is -2.00. The molecule has 112 valence electrons. The third kappa shape index (κ3) is 3.01. The van der Waals surface area contributed by atoms with Crippen LogP contribution >= 0.6 is 0 Å². The number of hydrogen-bond donors (Lipinski definition) is 2. The maximum atomic E-state index is 11.5. The topological polar surface area (TPSA) is 57.8 Å². The number of hydrogen-bond acceptors (Lipinski definition) is 3. The van der Waals surface area contributed by atoms with Crippen molar-refractivity contribution in [2.75, 3.05) is 5.32 Å². The fourth-order valence-electron chi connectivity index (χ4n) is 2.43. The van der Waals surface area contributed by atoms with Gasteiger partial charge < -0.3 is 10.3 Å². The number of H-pyrrole nitrogens is 1. The van der Waals surface area contributed by atoms with Gasteiger partial charge in [-0.1, -0.05) is 31.2 Å². The smallest absolute Gasteiger partial charge is 0.205 e. The number of aryl methyl sites for hydroxylation is 1. The molecule has 0 aliphatic rings. The van der Waals surface area contributed by atoms with Crippen LogP contribution in [0, 0.1) is 6.92 Å². The first-order valence-electron chi connectivity index (χ1n) is 7.48. The van der Waals surface area contributed by atoms with E-state index in [0.717, 1.165) is 33.8 Å². The van der Waals surface area contributed by atoms with Gasteiger partial charge in [0, 0.05) is 18.5 Å². The number of nitrogens with one attached hydrogen (secondary N) is 2. The predicted octanol–water partition coefficient (Wildman–Crippen LogP) is 4.14. The van der Waals surface area contributed by atoms with Crippen molar-refractivity contribution in [1.82, 2.24) is 9.97 Å². The third-order valence-corrected chi connectivity index (χ3v) is 3.73. The van der Waals surface area contributed by atoms with Crippen molar-refractivity contribution < 1.29 is 4.79 Å². The van der Waals surface area contributed by atoms with Gasteiger partial charge >= 0.3 is 0 Å². The summed E-state index contributed by atoms with van der Waals surface area (Å²) in [5.41, 5.74) is 5.14. The van der Waals surface area contributed by atoms with E-state index in [9.17, 15) is 4.79 Å². The first-order chi connectivity index (χ1) is 10.7. The average Bonchev–Trinajstić information content (AvgIpc) is 2.93. The average molecular weight is 293 g/mol. The molecule has 0 aliphatic heterocycles. The predicted molar refractivity (Wildman–Crippen MR) is 89.6 cm³/mol. The van der Waals surface area contributed by atoms with Crippen molar-refractivity contribution in [3.05, 3.63) is 53.6 Å². The summed E-state index contributed by atoms with van der Waals surface area (Å²) in [6, 6.07) is 14.0. The lowest BCUT2D eigenvalue weighted by molar-refractivity contribution is -0.118. The molecule has 0 fully saturated rings. The summed E-state index contributed by atoms with van der Waals surface area (Å²) in [5, 5.41) is 3.26. The van der Waals surface area contributed by atoms with Crippen LogP contribution in [0.5, 0.6) is 0 Å². The Labute approximate surface area is 129 Å². The van der Waals surface area contributed by atoms with Crippen LogP contribution in [0.2, 0.25) is 0 Å². The van der Waals surface area contributed by atoms with Gasteiger partial charge in [0.25, 0.3) is 0 Å². The van der Waals surface area contributed by atoms with E-state index in [0.29, 0.717) is 12.8 Å². The molecule has 22 heavy (non-hydrogen) atoms. The summed E-state index contributed by atoms with van der Waals surface area (Å²) in [5.74, 6) is 0.982. The highest BCUT2D eigenvalue weighted by atomic mass is 16.1. The Bertz CT molecular complexity index is 803. The highest BCUT2D eigenvalue weighted by molar-refractivity contribution is 5.82. The normalized spacial score (nSPS) is 10.8. The van der Waals surface area contributed by atoms with E-state index in [2.05, 4.69) is 15.3 Å². The van der Waals surface area contributed by atoms with Crippen molar-refractivity contribution in [3.8, 4) is 0 Å². The van der Waals surface area contributed by atoms with E-state index < -0.39 is 0 Å². The summed E-state index contributed by atoms with van der Waals surface area (Å²) in [6.07, 6.45) is 1.08. The fourth-order valence-corrected chi connectivity index (χ4v) is 2.43. The monoisotopic (exact) mass is 293 g/mol. The zero-order chi connectivity index (χ0) is 15.5. The van der Waals surface area contributed by atoms with Gasteiger partial charge in [0.2, 0.25) is 5.95 Å². The van der Waals surface area contributed by atoms with Crippen LogP contribution in [-0.2, 0) is 11.2 Å². The Kier molecular flexibility index (Phi) is 3.92. The van der Waals surface area contributed by atoms with E-state index in [4.69, 9.17) is 0 Å². The number of para-hydroxylation sites is 1. The number of fused-ring (bicyclic) bond motifs is 1. The minimum Gasteiger partial charge on any atom is -0.326 e. The van der Waals surface area contributed by atoms with Gasteiger partial charge in [-0.25, -0.2) is 4.98 Å². The molecule has 4 heteroatoms. The fraction of sp³-hybridized carbons (Fsp3) is 0.222. The number of Topliss-reactive ketones (excluding diaryl/α,β-unsaturated/α-hetero) is 1. The van der Waals surface area contributed by atoms with Gasteiger partial charge in [0.05, 0.1) is 11.0 Å². The number of carbonyl (C=O) groups is 1. The van der Waals surface area contributed by atoms with Crippen LogP contribution in [0.25, 0.3) is 11.0 Å². The van der Waals surface area contributed by atoms with E-state index in [-0.39, 0.29) is 5.78 Å². The molecular formula is C18H19N3O. The second-order valence-corrected chi connectivity index (χ2v) is 5.45. The Morgan fingerprint density at radius 1 is 1.18 bits per heavy atom. The number of nitrogens with zero attached hydrogens (tertiary/aromatic N) is 1. The number of rotatable bonds is 5. The molecular weight excluding hydrogens is 274 g/mol. The summed E-state index contributed by atoms with van der Waals surface area (Å²) < 4.78 is 0. The molecule has 0 unspecified atom stereocenters. The molecule has 1 aromatic heterocycles. The van der Waals surface area contributed by atoms with Crippen LogP contribution in [0.3, 0.4) is 0 Å². The summed E-state index contributed by atoms with van der Waals surface area (Å²) in [4.78, 5) is 19.3. The second-order valence-electron chi connectivity index (χ2n) is 5.45. The molecule has 0 spiro atoms. The third-order valence-electron chi connectivity index (χ3n) is 3.73. The molecule has 0 aliphatic carbocycles. The SMILES string of the molecule is CCC(=O)Cc1ccc(Nc2nc3c(C)cccc3[nH]2)cc1.